The summed E-state index contributed by atoms with van der Waals surface area (Å²) in [5.74, 6) is 0.369. The van der Waals surface area contributed by atoms with E-state index >= 15 is 0 Å². The van der Waals surface area contributed by atoms with Crippen LogP contribution >= 0.6 is 0 Å². The van der Waals surface area contributed by atoms with E-state index in [4.69, 9.17) is 0 Å². The molecule has 0 aromatic heterocycles. The lowest BCUT2D eigenvalue weighted by atomic mass is 9.81. The van der Waals surface area contributed by atoms with Gasteiger partial charge in [0, 0.05) is 30.6 Å². The number of hydrogen-bond donors (Lipinski definition) is 0. The molecular weight excluding hydrogens is 225 g/mol. The molecule has 1 saturated heterocycles. The third-order valence-electron chi connectivity index (χ3n) is 4.00. The summed E-state index contributed by atoms with van der Waals surface area (Å²) in [6.07, 6.45) is 7.39. The number of nitrogens with zero attached hydrogens (tertiary/aromatic N) is 1. The fourth-order valence-electron chi connectivity index (χ4n) is 3.02. The predicted octanol–water partition coefficient (Wildman–Crippen LogP) is 3.51. The fraction of sp³-hybridized carbons (Fsp3) is 0.375. The van der Waals surface area contributed by atoms with Crippen molar-refractivity contribution >= 4 is 5.69 Å². The Kier molecular flexibility index (Phi) is 2.94. The third kappa shape index (κ3) is 1.96. The Hall–Kier alpha value is -1.57. The van der Waals surface area contributed by atoms with Crippen molar-refractivity contribution < 1.29 is 4.39 Å². The van der Waals surface area contributed by atoms with Crippen molar-refractivity contribution in [3.05, 3.63) is 54.1 Å². The smallest absolute Gasteiger partial charge is 0.124 e. The second-order valence-electron chi connectivity index (χ2n) is 5.22. The molecule has 1 aliphatic carbocycles. The van der Waals surface area contributed by atoms with Crippen LogP contribution in [-0.2, 0) is 0 Å². The maximum absolute atomic E-state index is 14.3. The van der Waals surface area contributed by atoms with Gasteiger partial charge in [0.15, 0.2) is 0 Å². The van der Waals surface area contributed by atoms with Crippen molar-refractivity contribution in [2.45, 2.75) is 13.1 Å². The van der Waals surface area contributed by atoms with E-state index in [1.165, 1.54) is 11.3 Å². The first-order valence-electron chi connectivity index (χ1n) is 6.55. The van der Waals surface area contributed by atoms with Crippen LogP contribution in [0.2, 0.25) is 0 Å². The number of piperidine rings is 1. The lowest BCUT2D eigenvalue weighted by Gasteiger charge is -2.41. The van der Waals surface area contributed by atoms with Gasteiger partial charge in [0.2, 0.25) is 0 Å². The minimum atomic E-state index is -0.774. The Bertz CT molecular complexity index is 492. The molecule has 0 spiro atoms. The van der Waals surface area contributed by atoms with Crippen molar-refractivity contribution in [3.8, 4) is 0 Å². The Morgan fingerprint density at radius 1 is 1.11 bits per heavy atom. The average Bonchev–Trinajstić information content (AvgIpc) is 2.39. The first-order valence-corrected chi connectivity index (χ1v) is 6.55. The number of alkyl halides is 1. The summed E-state index contributed by atoms with van der Waals surface area (Å²) in [5.41, 5.74) is 2.39. The maximum atomic E-state index is 14.3. The number of anilines is 1. The van der Waals surface area contributed by atoms with Gasteiger partial charge >= 0.3 is 0 Å². The molecule has 1 fully saturated rings. The van der Waals surface area contributed by atoms with Gasteiger partial charge in [-0.3, -0.25) is 0 Å². The monoisotopic (exact) mass is 243 g/mol. The average molecular weight is 243 g/mol. The number of allylic oxidation sites excluding steroid dienone is 3. The molecule has 3 unspecified atom stereocenters. The van der Waals surface area contributed by atoms with E-state index in [0.29, 0.717) is 12.5 Å². The number of para-hydroxylation sites is 1. The van der Waals surface area contributed by atoms with Gasteiger partial charge in [-0.05, 0) is 18.6 Å². The summed E-state index contributed by atoms with van der Waals surface area (Å²) in [6.45, 7) is 3.51. The van der Waals surface area contributed by atoms with Gasteiger partial charge in [-0.2, -0.15) is 0 Å². The highest BCUT2D eigenvalue weighted by atomic mass is 19.1. The predicted molar refractivity (Wildman–Crippen MR) is 73.5 cm³/mol. The van der Waals surface area contributed by atoms with Crippen molar-refractivity contribution in [2.75, 3.05) is 18.0 Å². The molecule has 3 atom stereocenters. The van der Waals surface area contributed by atoms with Gasteiger partial charge in [-0.1, -0.05) is 42.5 Å². The van der Waals surface area contributed by atoms with Crippen LogP contribution < -0.4 is 4.90 Å². The molecule has 2 heteroatoms. The number of benzene rings is 1. The molecule has 0 bridgehead atoms. The van der Waals surface area contributed by atoms with Gasteiger partial charge < -0.3 is 4.90 Å². The van der Waals surface area contributed by atoms with Gasteiger partial charge in [-0.15, -0.1) is 0 Å². The molecule has 2 aliphatic rings. The zero-order valence-corrected chi connectivity index (χ0v) is 10.6. The highest BCUT2D eigenvalue weighted by Gasteiger charge is 2.35. The van der Waals surface area contributed by atoms with Crippen LogP contribution in [0.3, 0.4) is 0 Å². The molecular formula is C16H18FN. The quantitative estimate of drug-likeness (QED) is 0.729. The molecule has 1 heterocycles. The van der Waals surface area contributed by atoms with Crippen molar-refractivity contribution in [2.24, 2.45) is 11.8 Å². The molecule has 1 aromatic rings. The number of rotatable bonds is 1. The summed E-state index contributed by atoms with van der Waals surface area (Å²) in [4.78, 5) is 2.19. The summed E-state index contributed by atoms with van der Waals surface area (Å²) in [7, 11) is 0. The second-order valence-corrected chi connectivity index (χ2v) is 5.22. The van der Waals surface area contributed by atoms with Crippen LogP contribution in [0.5, 0.6) is 0 Å². The van der Waals surface area contributed by atoms with Crippen molar-refractivity contribution in [1.82, 2.24) is 0 Å². The lowest BCUT2D eigenvalue weighted by Crippen LogP contribution is -2.47. The van der Waals surface area contributed by atoms with Gasteiger partial charge in [0.05, 0.1) is 0 Å². The molecule has 94 valence electrons. The Morgan fingerprint density at radius 3 is 2.72 bits per heavy atom. The van der Waals surface area contributed by atoms with E-state index < -0.39 is 6.17 Å². The number of hydrogen-bond acceptors (Lipinski definition) is 1. The van der Waals surface area contributed by atoms with Gasteiger partial charge in [-0.25, -0.2) is 4.39 Å². The molecule has 1 aromatic carbocycles. The Balaban J connectivity index is 1.86. The Labute approximate surface area is 108 Å². The van der Waals surface area contributed by atoms with Crippen molar-refractivity contribution in [1.29, 1.82) is 0 Å². The van der Waals surface area contributed by atoms with Gasteiger partial charge in [0.1, 0.15) is 6.17 Å². The summed E-state index contributed by atoms with van der Waals surface area (Å²) in [6, 6.07) is 8.23. The molecule has 18 heavy (non-hydrogen) atoms. The van der Waals surface area contributed by atoms with Crippen LogP contribution in [0.1, 0.15) is 5.56 Å². The van der Waals surface area contributed by atoms with Crippen LogP contribution in [0.15, 0.2) is 48.6 Å². The van der Waals surface area contributed by atoms with Crippen LogP contribution in [0.4, 0.5) is 10.1 Å². The van der Waals surface area contributed by atoms with E-state index in [1.54, 1.807) is 0 Å². The number of aryl methyl sites for hydroxylation is 1. The summed E-state index contributed by atoms with van der Waals surface area (Å²) in [5, 5.41) is 0. The van der Waals surface area contributed by atoms with E-state index in [0.717, 1.165) is 6.54 Å². The lowest BCUT2D eigenvalue weighted by molar-refractivity contribution is 0.197. The molecule has 1 aliphatic heterocycles. The van der Waals surface area contributed by atoms with Crippen LogP contribution in [-0.4, -0.2) is 19.3 Å². The zero-order chi connectivity index (χ0) is 12.5. The highest BCUT2D eigenvalue weighted by Crippen LogP contribution is 2.34. The minimum Gasteiger partial charge on any atom is -0.368 e. The molecule has 0 saturated carbocycles. The molecule has 0 amide bonds. The van der Waals surface area contributed by atoms with E-state index in [-0.39, 0.29) is 5.92 Å². The maximum Gasteiger partial charge on any atom is 0.124 e. The van der Waals surface area contributed by atoms with Gasteiger partial charge in [0.25, 0.3) is 0 Å². The first kappa shape index (κ1) is 11.5. The van der Waals surface area contributed by atoms with Crippen molar-refractivity contribution in [3.63, 3.8) is 0 Å². The minimum absolute atomic E-state index is 0.0651. The molecule has 0 radical (unpaired) electrons. The Morgan fingerprint density at radius 2 is 1.89 bits per heavy atom. The zero-order valence-electron chi connectivity index (χ0n) is 10.6. The van der Waals surface area contributed by atoms with Crippen LogP contribution in [0, 0.1) is 18.8 Å². The normalized spacial score (nSPS) is 30.3. The highest BCUT2D eigenvalue weighted by molar-refractivity contribution is 5.54. The SMILES string of the molecule is Cc1ccccc1N1CC(F)C2C=CC=CC2C1. The first-order chi connectivity index (χ1) is 8.75. The molecule has 1 nitrogen and oxygen atoms in total. The summed E-state index contributed by atoms with van der Waals surface area (Å²) >= 11 is 0. The fourth-order valence-corrected chi connectivity index (χ4v) is 3.02. The third-order valence-corrected chi connectivity index (χ3v) is 4.00. The number of halogens is 1. The largest absolute Gasteiger partial charge is 0.368 e. The number of fused-ring (bicyclic) bond motifs is 1. The second kappa shape index (κ2) is 4.60. The molecule has 3 rings (SSSR count). The topological polar surface area (TPSA) is 3.24 Å². The van der Waals surface area contributed by atoms with E-state index in [1.807, 2.05) is 30.4 Å². The van der Waals surface area contributed by atoms with E-state index in [2.05, 4.69) is 30.0 Å². The molecule has 0 N–H and O–H groups in total. The van der Waals surface area contributed by atoms with E-state index in [9.17, 15) is 4.39 Å². The summed E-state index contributed by atoms with van der Waals surface area (Å²) < 4.78 is 14.3. The van der Waals surface area contributed by atoms with Crippen LogP contribution in [0.25, 0.3) is 0 Å². The standard InChI is InChI=1S/C16H18FN/c1-12-6-2-5-9-16(12)18-10-13-7-3-4-8-14(13)15(17)11-18/h2-9,13-15H,10-11H2,1H3.